The Morgan fingerprint density at radius 3 is 2.60 bits per heavy atom. The van der Waals surface area contributed by atoms with Crippen molar-refractivity contribution in [2.45, 2.75) is 19.8 Å². The first-order valence-corrected chi connectivity index (χ1v) is 5.26. The zero-order valence-electron chi connectivity index (χ0n) is 8.85. The van der Waals surface area contributed by atoms with Gasteiger partial charge in [0.25, 0.3) is 0 Å². The number of pyridine rings is 2. The van der Waals surface area contributed by atoms with Crippen LogP contribution in [0.4, 0.5) is 0 Å². The van der Waals surface area contributed by atoms with Gasteiger partial charge in [-0.05, 0) is 30.7 Å². The van der Waals surface area contributed by atoms with Gasteiger partial charge >= 0.3 is 0 Å². The molecule has 0 aromatic carbocycles. The molecular weight excluding hydrogens is 184 g/mol. The number of rotatable bonds is 3. The van der Waals surface area contributed by atoms with Crippen molar-refractivity contribution in [1.29, 1.82) is 0 Å². The van der Waals surface area contributed by atoms with E-state index in [1.807, 2.05) is 24.4 Å². The third-order valence-electron chi connectivity index (χ3n) is 2.29. The molecule has 0 fully saturated rings. The molecule has 0 atom stereocenters. The lowest BCUT2D eigenvalue weighted by atomic mass is 10.1. The largest absolute Gasteiger partial charge is 0.261 e. The number of hydrogen-bond acceptors (Lipinski definition) is 2. The van der Waals surface area contributed by atoms with E-state index in [9.17, 15) is 0 Å². The second-order valence-electron chi connectivity index (χ2n) is 3.50. The van der Waals surface area contributed by atoms with Crippen LogP contribution < -0.4 is 0 Å². The van der Waals surface area contributed by atoms with Crippen molar-refractivity contribution >= 4 is 0 Å². The molecule has 0 saturated carbocycles. The van der Waals surface area contributed by atoms with Crippen molar-refractivity contribution in [3.63, 3.8) is 0 Å². The normalized spacial score (nSPS) is 10.2. The summed E-state index contributed by atoms with van der Waals surface area (Å²) in [6.07, 6.45) is 5.88. The molecule has 2 heterocycles. The third-order valence-corrected chi connectivity index (χ3v) is 2.29. The smallest absolute Gasteiger partial charge is 0.0717 e. The van der Waals surface area contributed by atoms with E-state index in [0.29, 0.717) is 0 Å². The molecule has 2 aromatic heterocycles. The highest BCUT2D eigenvalue weighted by Gasteiger charge is 1.98. The first-order valence-electron chi connectivity index (χ1n) is 5.26. The lowest BCUT2D eigenvalue weighted by Crippen LogP contribution is -1.89. The van der Waals surface area contributed by atoms with Gasteiger partial charge in [0.15, 0.2) is 0 Å². The molecule has 0 spiro atoms. The summed E-state index contributed by atoms with van der Waals surface area (Å²) < 4.78 is 0. The predicted molar refractivity (Wildman–Crippen MR) is 61.5 cm³/mol. The van der Waals surface area contributed by atoms with E-state index >= 15 is 0 Å². The van der Waals surface area contributed by atoms with E-state index in [4.69, 9.17) is 0 Å². The monoisotopic (exact) mass is 198 g/mol. The summed E-state index contributed by atoms with van der Waals surface area (Å²) in [5.74, 6) is 0. The predicted octanol–water partition coefficient (Wildman–Crippen LogP) is 3.10. The second-order valence-corrected chi connectivity index (χ2v) is 3.50. The van der Waals surface area contributed by atoms with Gasteiger partial charge in [-0.2, -0.15) is 0 Å². The fourth-order valence-electron chi connectivity index (χ4n) is 1.51. The molecule has 0 unspecified atom stereocenters. The quantitative estimate of drug-likeness (QED) is 0.757. The molecule has 76 valence electrons. The van der Waals surface area contributed by atoms with Crippen LogP contribution in [0.5, 0.6) is 0 Å². The highest BCUT2D eigenvalue weighted by atomic mass is 14.7. The van der Waals surface area contributed by atoms with Crippen LogP contribution in [0.15, 0.2) is 42.7 Å². The van der Waals surface area contributed by atoms with Gasteiger partial charge in [0.2, 0.25) is 0 Å². The average molecular weight is 198 g/mol. The molecule has 2 rings (SSSR count). The van der Waals surface area contributed by atoms with E-state index in [1.54, 1.807) is 6.20 Å². The molecule has 0 aliphatic carbocycles. The van der Waals surface area contributed by atoms with Gasteiger partial charge < -0.3 is 0 Å². The van der Waals surface area contributed by atoms with Gasteiger partial charge in [-0.25, -0.2) is 0 Å². The second kappa shape index (κ2) is 4.69. The standard InChI is InChI=1S/C13H14N2/c1-2-5-12-8-7-11(10-15-12)13-6-3-4-9-14-13/h3-4,6-10H,2,5H2,1H3. The molecule has 0 amide bonds. The lowest BCUT2D eigenvalue weighted by molar-refractivity contribution is 0.883. The van der Waals surface area contributed by atoms with Gasteiger partial charge in [0.1, 0.15) is 0 Å². The van der Waals surface area contributed by atoms with Gasteiger partial charge in [0.05, 0.1) is 5.69 Å². The number of hydrogen-bond donors (Lipinski definition) is 0. The Hall–Kier alpha value is -1.70. The SMILES string of the molecule is CCCc1ccc(-c2ccccn2)cn1. The van der Waals surface area contributed by atoms with Crippen LogP contribution in [0.25, 0.3) is 11.3 Å². The summed E-state index contributed by atoms with van der Waals surface area (Å²) in [4.78, 5) is 8.69. The lowest BCUT2D eigenvalue weighted by Gasteiger charge is -2.01. The third kappa shape index (κ3) is 2.40. The summed E-state index contributed by atoms with van der Waals surface area (Å²) in [7, 11) is 0. The van der Waals surface area contributed by atoms with Crippen LogP contribution in [-0.4, -0.2) is 9.97 Å². The van der Waals surface area contributed by atoms with Crippen LogP contribution in [0.3, 0.4) is 0 Å². The number of aryl methyl sites for hydroxylation is 1. The number of nitrogens with zero attached hydrogens (tertiary/aromatic N) is 2. The summed E-state index contributed by atoms with van der Waals surface area (Å²) in [6, 6.07) is 10.1. The molecule has 0 aliphatic rings. The maximum atomic E-state index is 4.40. The Morgan fingerprint density at radius 2 is 2.00 bits per heavy atom. The average Bonchev–Trinajstić information content (AvgIpc) is 2.32. The molecule has 0 saturated heterocycles. The van der Waals surface area contributed by atoms with Gasteiger partial charge in [-0.3, -0.25) is 9.97 Å². The van der Waals surface area contributed by atoms with E-state index in [1.165, 1.54) is 0 Å². The fraction of sp³-hybridized carbons (Fsp3) is 0.231. The Bertz CT molecular complexity index is 406. The summed E-state index contributed by atoms with van der Waals surface area (Å²) >= 11 is 0. The Labute approximate surface area is 90.0 Å². The summed E-state index contributed by atoms with van der Waals surface area (Å²) in [5.41, 5.74) is 3.21. The molecule has 0 radical (unpaired) electrons. The maximum Gasteiger partial charge on any atom is 0.0717 e. The molecule has 0 N–H and O–H groups in total. The van der Waals surface area contributed by atoms with Crippen molar-refractivity contribution < 1.29 is 0 Å². The van der Waals surface area contributed by atoms with Gasteiger partial charge in [0, 0.05) is 23.7 Å². The molecule has 0 aliphatic heterocycles. The van der Waals surface area contributed by atoms with Gasteiger partial charge in [-0.15, -0.1) is 0 Å². The Kier molecular flexibility index (Phi) is 3.08. The summed E-state index contributed by atoms with van der Waals surface area (Å²) in [5, 5.41) is 0. The van der Waals surface area contributed by atoms with E-state index in [0.717, 1.165) is 29.8 Å². The highest BCUT2D eigenvalue weighted by Crippen LogP contribution is 2.15. The van der Waals surface area contributed by atoms with E-state index in [2.05, 4.69) is 29.0 Å². The molecule has 2 nitrogen and oxygen atoms in total. The molecule has 2 aromatic rings. The minimum absolute atomic E-state index is 0.980. The minimum Gasteiger partial charge on any atom is -0.261 e. The number of aromatic nitrogens is 2. The zero-order chi connectivity index (χ0) is 10.5. The Morgan fingerprint density at radius 1 is 1.07 bits per heavy atom. The molecular formula is C13H14N2. The van der Waals surface area contributed by atoms with Crippen molar-refractivity contribution in [3.8, 4) is 11.3 Å². The highest BCUT2D eigenvalue weighted by molar-refractivity contribution is 5.57. The molecule has 15 heavy (non-hydrogen) atoms. The fourth-order valence-corrected chi connectivity index (χ4v) is 1.51. The van der Waals surface area contributed by atoms with Crippen LogP contribution in [0, 0.1) is 0 Å². The minimum atomic E-state index is 0.980. The summed E-state index contributed by atoms with van der Waals surface area (Å²) in [6.45, 7) is 2.16. The van der Waals surface area contributed by atoms with E-state index in [-0.39, 0.29) is 0 Å². The topological polar surface area (TPSA) is 25.8 Å². The van der Waals surface area contributed by atoms with Crippen LogP contribution in [0.2, 0.25) is 0 Å². The van der Waals surface area contributed by atoms with Crippen molar-refractivity contribution in [1.82, 2.24) is 9.97 Å². The van der Waals surface area contributed by atoms with Crippen LogP contribution >= 0.6 is 0 Å². The van der Waals surface area contributed by atoms with Gasteiger partial charge in [-0.1, -0.05) is 19.4 Å². The van der Waals surface area contributed by atoms with E-state index < -0.39 is 0 Å². The Balaban J connectivity index is 2.24. The molecule has 0 bridgehead atoms. The van der Waals surface area contributed by atoms with Crippen molar-refractivity contribution in [3.05, 3.63) is 48.4 Å². The maximum absolute atomic E-state index is 4.40. The van der Waals surface area contributed by atoms with Crippen LogP contribution in [-0.2, 0) is 6.42 Å². The molecule has 2 heteroatoms. The van der Waals surface area contributed by atoms with Crippen molar-refractivity contribution in [2.75, 3.05) is 0 Å². The first kappa shape index (κ1) is 9.84. The zero-order valence-corrected chi connectivity index (χ0v) is 8.85. The van der Waals surface area contributed by atoms with Crippen LogP contribution in [0.1, 0.15) is 19.0 Å². The first-order chi connectivity index (χ1) is 7.40. The van der Waals surface area contributed by atoms with Crippen molar-refractivity contribution in [2.24, 2.45) is 0 Å².